The van der Waals surface area contributed by atoms with Crippen LogP contribution >= 0.6 is 23.1 Å². The molecule has 0 atom stereocenters. The lowest BCUT2D eigenvalue weighted by atomic mass is 9.88. The molecule has 10 nitrogen and oxygen atoms in total. The van der Waals surface area contributed by atoms with Crippen LogP contribution in [0, 0.1) is 0 Å². The van der Waals surface area contributed by atoms with Gasteiger partial charge >= 0.3 is 0 Å². The van der Waals surface area contributed by atoms with Crippen molar-refractivity contribution in [3.8, 4) is 0 Å². The molecular formula is C26H25N2O8S4+. The summed E-state index contributed by atoms with van der Waals surface area (Å²) in [5.74, 6) is -1.33. The van der Waals surface area contributed by atoms with E-state index in [1.807, 2.05) is 58.0 Å². The molecule has 2 aliphatic rings. The Morgan fingerprint density at radius 1 is 0.900 bits per heavy atom. The third-order valence-electron chi connectivity index (χ3n) is 6.38. The summed E-state index contributed by atoms with van der Waals surface area (Å²) in [7, 11) is -8.23. The predicted molar refractivity (Wildman–Crippen MR) is 154 cm³/mol. The molecule has 1 aliphatic carbocycles. The Morgan fingerprint density at radius 2 is 1.57 bits per heavy atom. The maximum Gasteiger partial charge on any atom is 0.265 e. The van der Waals surface area contributed by atoms with Gasteiger partial charge in [-0.2, -0.15) is 21.4 Å². The Morgan fingerprint density at radius 3 is 2.30 bits per heavy atom. The summed E-state index contributed by atoms with van der Waals surface area (Å²) in [5, 5.41) is 12.2. The first-order valence-corrected chi connectivity index (χ1v) is 17.0. The van der Waals surface area contributed by atoms with Gasteiger partial charge in [0.1, 0.15) is 10.5 Å². The van der Waals surface area contributed by atoms with E-state index < -0.39 is 31.7 Å². The third-order valence-corrected chi connectivity index (χ3v) is 10.2. The number of carbonyl (C=O) groups excluding carboxylic acids is 1. The molecule has 0 radical (unpaired) electrons. The molecule has 2 aromatic carbocycles. The minimum atomic E-state index is -4.12. The molecule has 14 heteroatoms. The van der Waals surface area contributed by atoms with Crippen LogP contribution in [-0.2, 0) is 31.6 Å². The minimum Gasteiger partial charge on any atom is -0.506 e. The van der Waals surface area contributed by atoms with Gasteiger partial charge in [-0.05, 0) is 30.7 Å². The molecule has 3 aromatic rings. The summed E-state index contributed by atoms with van der Waals surface area (Å²) >= 11 is 2.78. The van der Waals surface area contributed by atoms with Crippen molar-refractivity contribution in [1.29, 1.82) is 0 Å². The second-order valence-electron chi connectivity index (χ2n) is 9.19. The normalized spacial score (nSPS) is 17.8. The molecule has 0 unspecified atom stereocenters. The van der Waals surface area contributed by atoms with E-state index in [1.165, 1.54) is 23.1 Å². The molecule has 0 spiro atoms. The fourth-order valence-electron chi connectivity index (χ4n) is 4.55. The van der Waals surface area contributed by atoms with Gasteiger partial charge in [0, 0.05) is 30.0 Å². The van der Waals surface area contributed by atoms with Crippen molar-refractivity contribution in [2.24, 2.45) is 0 Å². The van der Waals surface area contributed by atoms with Crippen LogP contribution in [0.25, 0.3) is 16.3 Å². The number of hydrogen-bond acceptors (Lipinski definition) is 9. The second kappa shape index (κ2) is 11.1. The number of aliphatic hydroxyl groups is 1. The van der Waals surface area contributed by atoms with Crippen molar-refractivity contribution < 1.29 is 40.4 Å². The fourth-order valence-corrected chi connectivity index (χ4v) is 7.80. The van der Waals surface area contributed by atoms with Crippen molar-refractivity contribution in [2.45, 2.75) is 24.3 Å². The monoisotopic (exact) mass is 621 g/mol. The molecule has 0 saturated carbocycles. The average Bonchev–Trinajstić information content (AvgIpc) is 3.42. The number of Topliss-reactive ketones (excluding diaryl/α,β-unsaturated/α-hetero) is 1. The van der Waals surface area contributed by atoms with Crippen molar-refractivity contribution in [3.05, 3.63) is 81.5 Å². The van der Waals surface area contributed by atoms with E-state index >= 15 is 0 Å². The molecule has 5 rings (SSSR count). The lowest BCUT2D eigenvalue weighted by Gasteiger charge is -2.23. The van der Waals surface area contributed by atoms with Crippen LogP contribution in [0.2, 0.25) is 0 Å². The van der Waals surface area contributed by atoms with E-state index in [0.717, 1.165) is 20.8 Å². The van der Waals surface area contributed by atoms with Gasteiger partial charge in [-0.1, -0.05) is 47.4 Å². The first-order chi connectivity index (χ1) is 18.9. The number of hydrogen-bond donors (Lipinski definition) is 3. The van der Waals surface area contributed by atoms with Gasteiger partial charge in [-0.3, -0.25) is 13.9 Å². The summed E-state index contributed by atoms with van der Waals surface area (Å²) in [6, 6.07) is 15.0. The number of thiazole rings is 1. The molecule has 0 fully saturated rings. The number of allylic oxidation sites excluding steroid dienone is 3. The number of benzene rings is 2. The van der Waals surface area contributed by atoms with E-state index in [1.54, 1.807) is 12.2 Å². The summed E-state index contributed by atoms with van der Waals surface area (Å²) < 4.78 is 65.8. The van der Waals surface area contributed by atoms with Crippen LogP contribution in [0.5, 0.6) is 0 Å². The Balaban J connectivity index is 1.44. The molecule has 210 valence electrons. The number of ketones is 1. The SMILES string of the molecule is O=C1C(=Cc2sc3ccccc3[n+]2CCCS(=O)(=O)O)C(O)=C1C=C1Sc2ccccc2N1CCCS(=O)(=O)O. The van der Waals surface area contributed by atoms with Crippen LogP contribution in [0.3, 0.4) is 0 Å². The maximum absolute atomic E-state index is 13.2. The Labute approximate surface area is 239 Å². The topological polar surface area (TPSA) is 153 Å². The quantitative estimate of drug-likeness (QED) is 0.172. The number of para-hydroxylation sites is 2. The zero-order valence-electron chi connectivity index (χ0n) is 20.9. The molecule has 2 heterocycles. The number of thioether (sulfide) groups is 1. The van der Waals surface area contributed by atoms with E-state index in [2.05, 4.69) is 0 Å². The fraction of sp³-hybridized carbons (Fsp3) is 0.231. The van der Waals surface area contributed by atoms with E-state index in [0.29, 0.717) is 10.0 Å². The zero-order valence-corrected chi connectivity index (χ0v) is 24.2. The molecule has 40 heavy (non-hydrogen) atoms. The van der Waals surface area contributed by atoms with Crippen molar-refractivity contribution in [2.75, 3.05) is 23.0 Å². The first-order valence-electron chi connectivity index (χ1n) is 12.2. The summed E-state index contributed by atoms with van der Waals surface area (Å²) in [6.07, 6.45) is 3.49. The highest BCUT2D eigenvalue weighted by molar-refractivity contribution is 8.03. The second-order valence-corrected chi connectivity index (χ2v) is 14.5. The van der Waals surface area contributed by atoms with Crippen molar-refractivity contribution >= 4 is 71.1 Å². The number of nitrogens with zero attached hydrogens (tertiary/aromatic N) is 2. The predicted octanol–water partition coefficient (Wildman–Crippen LogP) is 3.98. The van der Waals surface area contributed by atoms with Gasteiger partial charge in [0.15, 0.2) is 6.54 Å². The number of fused-ring (bicyclic) bond motifs is 2. The number of rotatable bonds is 10. The molecule has 0 saturated heterocycles. The van der Waals surface area contributed by atoms with Crippen LogP contribution in [0.1, 0.15) is 17.8 Å². The Hall–Kier alpha value is -3.01. The molecule has 0 bridgehead atoms. The number of aryl methyl sites for hydroxylation is 1. The van der Waals surface area contributed by atoms with Gasteiger partial charge < -0.3 is 10.0 Å². The largest absolute Gasteiger partial charge is 0.506 e. The lowest BCUT2D eigenvalue weighted by molar-refractivity contribution is -0.668. The van der Waals surface area contributed by atoms with Gasteiger partial charge in [0.05, 0.1) is 33.4 Å². The number of aromatic nitrogens is 1. The number of anilines is 1. The molecule has 1 aliphatic heterocycles. The zero-order chi connectivity index (χ0) is 28.7. The molecule has 0 amide bonds. The van der Waals surface area contributed by atoms with Crippen LogP contribution in [-0.4, -0.2) is 54.9 Å². The smallest absolute Gasteiger partial charge is 0.265 e. The molecule has 3 N–H and O–H groups in total. The average molecular weight is 622 g/mol. The highest BCUT2D eigenvalue weighted by atomic mass is 32.2. The van der Waals surface area contributed by atoms with E-state index in [4.69, 9.17) is 9.11 Å². The summed E-state index contributed by atoms with van der Waals surface area (Å²) in [6.45, 7) is 0.567. The van der Waals surface area contributed by atoms with E-state index in [9.17, 15) is 26.7 Å². The summed E-state index contributed by atoms with van der Waals surface area (Å²) in [4.78, 5) is 15.9. The summed E-state index contributed by atoms with van der Waals surface area (Å²) in [5.41, 5.74) is 1.93. The molecular weight excluding hydrogens is 597 g/mol. The van der Waals surface area contributed by atoms with Crippen molar-refractivity contribution in [1.82, 2.24) is 0 Å². The van der Waals surface area contributed by atoms with E-state index in [-0.39, 0.29) is 48.6 Å². The van der Waals surface area contributed by atoms with Crippen LogP contribution in [0.4, 0.5) is 5.69 Å². The van der Waals surface area contributed by atoms with Gasteiger partial charge in [-0.15, -0.1) is 0 Å². The third kappa shape index (κ3) is 6.16. The maximum atomic E-state index is 13.2. The van der Waals surface area contributed by atoms with Crippen LogP contribution in [0.15, 0.2) is 81.4 Å². The lowest BCUT2D eigenvalue weighted by Crippen LogP contribution is -2.36. The Kier molecular flexibility index (Phi) is 7.92. The van der Waals surface area contributed by atoms with Crippen molar-refractivity contribution in [3.63, 3.8) is 0 Å². The minimum absolute atomic E-state index is 0.125. The number of aliphatic hydroxyl groups excluding tert-OH is 1. The first kappa shape index (κ1) is 28.5. The highest BCUT2D eigenvalue weighted by Gasteiger charge is 2.36. The van der Waals surface area contributed by atoms with Gasteiger partial charge in [-0.25, -0.2) is 0 Å². The van der Waals surface area contributed by atoms with Crippen LogP contribution < -0.4 is 9.47 Å². The molecule has 1 aromatic heterocycles. The Bertz CT molecular complexity index is 1820. The standard InChI is InChI=1S/C26H24N2O8S4/c29-25-17(15-23-27(11-5-13-39(31,32)33)19-7-1-3-9-21(19)37-23)26(30)18(25)16-24-28(12-6-14-40(34,35)36)20-8-2-4-10-22(20)38-24/h1-4,7-10,15-16H,5-6,11-14H2,(H2-,29,30,31,32,33,34,35,36)/p+1. The van der Waals surface area contributed by atoms with Gasteiger partial charge in [0.25, 0.3) is 25.2 Å². The highest BCUT2D eigenvalue weighted by Crippen LogP contribution is 2.47. The number of carbonyl (C=O) groups is 1. The van der Waals surface area contributed by atoms with Gasteiger partial charge in [0.2, 0.25) is 11.3 Å².